The lowest BCUT2D eigenvalue weighted by Crippen LogP contribution is -2.68. The lowest BCUT2D eigenvalue weighted by atomic mass is 9.83. The van der Waals surface area contributed by atoms with Gasteiger partial charge in [0.1, 0.15) is 11.6 Å². The molecule has 2 aromatic rings. The highest BCUT2D eigenvalue weighted by atomic mass is 16.2. The first-order chi connectivity index (χ1) is 11.9. The van der Waals surface area contributed by atoms with Crippen molar-refractivity contribution in [1.82, 2.24) is 10.2 Å². The van der Waals surface area contributed by atoms with E-state index in [1.54, 1.807) is 4.90 Å². The minimum atomic E-state index is -1.03. The van der Waals surface area contributed by atoms with Gasteiger partial charge in [0.05, 0.1) is 0 Å². The molecule has 130 valence electrons. The lowest BCUT2D eigenvalue weighted by Gasteiger charge is -2.47. The first kappa shape index (κ1) is 17.2. The SMILES string of the molecule is CC(C)C1NC(=O)C(C)(c2ccccc2)N(Cc2ccccc2)C1=O. The molecule has 1 N–H and O–H groups in total. The van der Waals surface area contributed by atoms with Crippen LogP contribution in [0.15, 0.2) is 60.7 Å². The van der Waals surface area contributed by atoms with Crippen LogP contribution in [0.3, 0.4) is 0 Å². The number of hydrogen-bond acceptors (Lipinski definition) is 2. The van der Waals surface area contributed by atoms with Gasteiger partial charge in [-0.15, -0.1) is 0 Å². The summed E-state index contributed by atoms with van der Waals surface area (Å²) in [4.78, 5) is 28.0. The van der Waals surface area contributed by atoms with Gasteiger partial charge in [-0.1, -0.05) is 74.5 Å². The van der Waals surface area contributed by atoms with Gasteiger partial charge in [-0.3, -0.25) is 9.59 Å². The molecule has 2 unspecified atom stereocenters. The van der Waals surface area contributed by atoms with Crippen LogP contribution in [0, 0.1) is 5.92 Å². The molecule has 0 aliphatic carbocycles. The summed E-state index contributed by atoms with van der Waals surface area (Å²) in [5, 5.41) is 2.94. The average molecular weight is 336 g/mol. The second-order valence-corrected chi connectivity index (χ2v) is 7.04. The Labute approximate surface area is 148 Å². The molecule has 0 spiro atoms. The van der Waals surface area contributed by atoms with Crippen molar-refractivity contribution >= 4 is 11.8 Å². The molecule has 3 rings (SSSR count). The highest BCUT2D eigenvalue weighted by Gasteiger charge is 2.50. The zero-order valence-corrected chi connectivity index (χ0v) is 14.9. The van der Waals surface area contributed by atoms with Crippen molar-refractivity contribution in [3.05, 3.63) is 71.8 Å². The molecular weight excluding hydrogens is 312 g/mol. The Morgan fingerprint density at radius 3 is 2.12 bits per heavy atom. The fourth-order valence-electron chi connectivity index (χ4n) is 3.36. The van der Waals surface area contributed by atoms with E-state index in [0.29, 0.717) is 6.54 Å². The second-order valence-electron chi connectivity index (χ2n) is 7.04. The molecule has 1 fully saturated rings. The van der Waals surface area contributed by atoms with Crippen molar-refractivity contribution in [2.45, 2.75) is 38.9 Å². The number of piperazine rings is 1. The minimum absolute atomic E-state index is 0.0371. The number of carbonyl (C=O) groups is 2. The smallest absolute Gasteiger partial charge is 0.251 e. The maximum atomic E-state index is 13.2. The summed E-state index contributed by atoms with van der Waals surface area (Å²) in [5.41, 5.74) is 0.800. The Morgan fingerprint density at radius 2 is 1.56 bits per heavy atom. The van der Waals surface area contributed by atoms with Crippen molar-refractivity contribution in [1.29, 1.82) is 0 Å². The summed E-state index contributed by atoms with van der Waals surface area (Å²) >= 11 is 0. The van der Waals surface area contributed by atoms with Crippen LogP contribution in [0.5, 0.6) is 0 Å². The molecule has 0 aromatic heterocycles. The van der Waals surface area contributed by atoms with Crippen molar-refractivity contribution in [3.63, 3.8) is 0 Å². The fraction of sp³-hybridized carbons (Fsp3) is 0.333. The van der Waals surface area contributed by atoms with E-state index in [1.807, 2.05) is 81.4 Å². The average Bonchev–Trinajstić information content (AvgIpc) is 2.63. The molecule has 2 amide bonds. The molecule has 2 atom stereocenters. The normalized spacial score (nSPS) is 23.7. The molecule has 2 aromatic carbocycles. The number of nitrogens with zero attached hydrogens (tertiary/aromatic N) is 1. The summed E-state index contributed by atoms with van der Waals surface area (Å²) in [7, 11) is 0. The Bertz CT molecular complexity index is 758. The van der Waals surface area contributed by atoms with E-state index in [9.17, 15) is 9.59 Å². The van der Waals surface area contributed by atoms with Gasteiger partial charge >= 0.3 is 0 Å². The highest BCUT2D eigenvalue weighted by Crippen LogP contribution is 2.34. The predicted octanol–water partition coefficient (Wildman–Crippen LogP) is 3.09. The van der Waals surface area contributed by atoms with Crippen molar-refractivity contribution in [2.24, 2.45) is 5.92 Å². The van der Waals surface area contributed by atoms with Crippen molar-refractivity contribution in [2.75, 3.05) is 0 Å². The number of nitrogens with one attached hydrogen (secondary N) is 1. The van der Waals surface area contributed by atoms with Gasteiger partial charge in [0.25, 0.3) is 5.91 Å². The van der Waals surface area contributed by atoms with Gasteiger partial charge in [-0.05, 0) is 24.0 Å². The molecular formula is C21H24N2O2. The first-order valence-corrected chi connectivity index (χ1v) is 8.66. The van der Waals surface area contributed by atoms with Crippen molar-refractivity contribution in [3.8, 4) is 0 Å². The third-order valence-electron chi connectivity index (χ3n) is 4.99. The number of amides is 2. The van der Waals surface area contributed by atoms with Crippen LogP contribution in [-0.2, 0) is 21.7 Å². The molecule has 4 nitrogen and oxygen atoms in total. The topological polar surface area (TPSA) is 49.4 Å². The number of rotatable bonds is 4. The highest BCUT2D eigenvalue weighted by molar-refractivity contribution is 6.00. The van der Waals surface area contributed by atoms with Gasteiger partial charge in [-0.2, -0.15) is 0 Å². The molecule has 4 heteroatoms. The Kier molecular flexibility index (Phi) is 4.62. The van der Waals surface area contributed by atoms with Crippen LogP contribution in [0.25, 0.3) is 0 Å². The Hall–Kier alpha value is -2.62. The van der Waals surface area contributed by atoms with E-state index in [0.717, 1.165) is 11.1 Å². The number of hydrogen-bond donors (Lipinski definition) is 1. The fourth-order valence-corrected chi connectivity index (χ4v) is 3.36. The monoisotopic (exact) mass is 336 g/mol. The van der Waals surface area contributed by atoms with E-state index in [1.165, 1.54) is 0 Å². The molecule has 1 aliphatic heterocycles. The van der Waals surface area contributed by atoms with Crippen LogP contribution in [0.4, 0.5) is 0 Å². The quantitative estimate of drug-likeness (QED) is 0.933. The van der Waals surface area contributed by atoms with Gasteiger partial charge in [0, 0.05) is 6.54 Å². The minimum Gasteiger partial charge on any atom is -0.342 e. The maximum Gasteiger partial charge on any atom is 0.251 e. The third kappa shape index (κ3) is 3.04. The van der Waals surface area contributed by atoms with E-state index in [2.05, 4.69) is 5.32 Å². The molecule has 0 saturated carbocycles. The van der Waals surface area contributed by atoms with Crippen LogP contribution >= 0.6 is 0 Å². The molecule has 0 radical (unpaired) electrons. The standard InChI is InChI=1S/C21H24N2O2/c1-15(2)18-19(24)23(14-16-10-6-4-7-11-16)21(3,20(25)22-18)17-12-8-5-9-13-17/h4-13,15,18H,14H2,1-3H3,(H,22,25). The van der Waals surface area contributed by atoms with E-state index in [-0.39, 0.29) is 17.7 Å². The maximum absolute atomic E-state index is 13.2. The van der Waals surface area contributed by atoms with E-state index < -0.39 is 11.6 Å². The second kappa shape index (κ2) is 6.71. The van der Waals surface area contributed by atoms with Crippen LogP contribution in [-0.4, -0.2) is 22.8 Å². The van der Waals surface area contributed by atoms with Gasteiger partial charge in [0.2, 0.25) is 5.91 Å². The molecule has 1 saturated heterocycles. The van der Waals surface area contributed by atoms with Crippen LogP contribution < -0.4 is 5.32 Å². The predicted molar refractivity (Wildman–Crippen MR) is 97.6 cm³/mol. The van der Waals surface area contributed by atoms with Gasteiger partial charge in [0.15, 0.2) is 0 Å². The van der Waals surface area contributed by atoms with E-state index >= 15 is 0 Å². The van der Waals surface area contributed by atoms with Gasteiger partial charge < -0.3 is 10.2 Å². The zero-order chi connectivity index (χ0) is 18.0. The molecule has 1 aliphatic rings. The molecule has 1 heterocycles. The van der Waals surface area contributed by atoms with E-state index in [4.69, 9.17) is 0 Å². The van der Waals surface area contributed by atoms with Crippen LogP contribution in [0.2, 0.25) is 0 Å². The number of benzene rings is 2. The summed E-state index contributed by atoms with van der Waals surface area (Å²) in [6.07, 6.45) is 0. The van der Waals surface area contributed by atoms with Gasteiger partial charge in [-0.25, -0.2) is 0 Å². The molecule has 25 heavy (non-hydrogen) atoms. The summed E-state index contributed by atoms with van der Waals surface area (Å²) in [6.45, 7) is 6.14. The third-order valence-corrected chi connectivity index (χ3v) is 4.99. The summed E-state index contributed by atoms with van der Waals surface area (Å²) < 4.78 is 0. The number of carbonyl (C=O) groups excluding carboxylic acids is 2. The molecule has 0 bridgehead atoms. The zero-order valence-electron chi connectivity index (χ0n) is 14.9. The Balaban J connectivity index is 2.07. The van der Waals surface area contributed by atoms with Crippen molar-refractivity contribution < 1.29 is 9.59 Å². The first-order valence-electron chi connectivity index (χ1n) is 8.66. The Morgan fingerprint density at radius 1 is 1.00 bits per heavy atom. The van der Waals surface area contributed by atoms with Crippen LogP contribution in [0.1, 0.15) is 31.9 Å². The summed E-state index contributed by atoms with van der Waals surface area (Å²) in [6, 6.07) is 18.8. The largest absolute Gasteiger partial charge is 0.342 e. The lowest BCUT2D eigenvalue weighted by molar-refractivity contribution is -0.159. The summed E-state index contributed by atoms with van der Waals surface area (Å²) in [5.74, 6) is -0.132.